The molecule has 1 saturated heterocycles. The molecule has 4 N–H and O–H groups in total. The van der Waals surface area contributed by atoms with Crippen molar-refractivity contribution < 1.29 is 39.4 Å². The topological polar surface area (TPSA) is 126 Å². The maximum absolute atomic E-state index is 12.3. The quantitative estimate of drug-likeness (QED) is 0.210. The molecule has 0 saturated carbocycles. The summed E-state index contributed by atoms with van der Waals surface area (Å²) in [6, 6.07) is 5.78. The molecule has 1 aliphatic rings. The van der Waals surface area contributed by atoms with Gasteiger partial charge >= 0.3 is 5.97 Å². The van der Waals surface area contributed by atoms with Crippen molar-refractivity contribution in [1.82, 2.24) is 0 Å². The van der Waals surface area contributed by atoms with Crippen LogP contribution in [0.4, 0.5) is 0 Å². The van der Waals surface area contributed by atoms with Gasteiger partial charge in [0.2, 0.25) is 6.29 Å². The fourth-order valence-corrected chi connectivity index (χ4v) is 3.41. The Hall–Kier alpha value is -2.13. The van der Waals surface area contributed by atoms with Crippen LogP contribution in [0.2, 0.25) is 0 Å². The van der Waals surface area contributed by atoms with Crippen molar-refractivity contribution in [1.29, 1.82) is 0 Å². The zero-order valence-electron chi connectivity index (χ0n) is 17.8. The van der Waals surface area contributed by atoms with Crippen molar-refractivity contribution in [2.75, 3.05) is 6.61 Å². The van der Waals surface area contributed by atoms with E-state index in [-0.39, 0.29) is 12.2 Å². The first-order chi connectivity index (χ1) is 15.0. The van der Waals surface area contributed by atoms with Crippen LogP contribution in [0.25, 0.3) is 0 Å². The second-order valence-electron chi connectivity index (χ2n) is 7.72. The van der Waals surface area contributed by atoms with Gasteiger partial charge in [0.1, 0.15) is 29.8 Å². The summed E-state index contributed by atoms with van der Waals surface area (Å²) in [6.45, 7) is 3.16. The highest BCUT2D eigenvalue weighted by Gasteiger charge is 2.47. The van der Waals surface area contributed by atoms with E-state index in [4.69, 9.17) is 14.2 Å². The number of rotatable bonds is 13. The molecule has 8 heteroatoms. The number of carbonyl (C=O) groups excluding carboxylic acids is 1. The van der Waals surface area contributed by atoms with Crippen molar-refractivity contribution in [2.45, 2.75) is 82.1 Å². The summed E-state index contributed by atoms with van der Waals surface area (Å²) in [6.07, 6.45) is 2.59. The maximum atomic E-state index is 12.3. The summed E-state index contributed by atoms with van der Waals surface area (Å²) in [5, 5.41) is 39.4. The predicted octanol–water partition coefficient (Wildman–Crippen LogP) is 2.43. The van der Waals surface area contributed by atoms with Crippen molar-refractivity contribution in [3.8, 4) is 11.5 Å². The van der Waals surface area contributed by atoms with Gasteiger partial charge < -0.3 is 34.6 Å². The largest absolute Gasteiger partial charge is 0.508 e. The molecule has 1 aromatic rings. The third-order valence-corrected chi connectivity index (χ3v) is 5.22. The number of unbranched alkanes of at least 4 members (excludes halogenated alkanes) is 6. The minimum absolute atomic E-state index is 0.0456. The Morgan fingerprint density at radius 1 is 1.03 bits per heavy atom. The van der Waals surface area contributed by atoms with Gasteiger partial charge in [0, 0.05) is 6.42 Å². The molecule has 0 spiro atoms. The van der Waals surface area contributed by atoms with E-state index in [1.54, 1.807) is 0 Å². The van der Waals surface area contributed by atoms with Crippen LogP contribution in [0.5, 0.6) is 11.5 Å². The molecule has 8 nitrogen and oxygen atoms in total. The van der Waals surface area contributed by atoms with Gasteiger partial charge in [0.05, 0.1) is 6.61 Å². The number of ether oxygens (including phenoxy) is 3. The number of hydrogen-bond acceptors (Lipinski definition) is 8. The van der Waals surface area contributed by atoms with Crippen molar-refractivity contribution in [2.24, 2.45) is 0 Å². The number of aliphatic hydroxyl groups excluding tert-OH is 3. The van der Waals surface area contributed by atoms with Gasteiger partial charge in [0.15, 0.2) is 6.10 Å². The molecule has 0 aromatic heterocycles. The van der Waals surface area contributed by atoms with Crippen LogP contribution >= 0.6 is 0 Å². The van der Waals surface area contributed by atoms with Gasteiger partial charge in [-0.2, -0.15) is 0 Å². The molecular formula is C23H34O8. The fourth-order valence-electron chi connectivity index (χ4n) is 3.41. The van der Waals surface area contributed by atoms with Crippen molar-refractivity contribution >= 4 is 5.97 Å². The Labute approximate surface area is 183 Å². The van der Waals surface area contributed by atoms with Gasteiger partial charge in [-0.05, 0) is 43.5 Å². The lowest BCUT2D eigenvalue weighted by molar-refractivity contribution is -0.282. The van der Waals surface area contributed by atoms with Gasteiger partial charge in [-0.25, -0.2) is 0 Å². The Kier molecular flexibility index (Phi) is 10.8. The van der Waals surface area contributed by atoms with Gasteiger partial charge in [-0.3, -0.25) is 4.79 Å². The Bertz CT molecular complexity index is 662. The molecule has 1 heterocycles. The van der Waals surface area contributed by atoms with E-state index < -0.39 is 43.3 Å². The zero-order chi connectivity index (χ0) is 22.6. The number of carbonyl (C=O) groups is 1. The molecule has 174 valence electrons. The van der Waals surface area contributed by atoms with Crippen molar-refractivity contribution in [3.05, 3.63) is 36.9 Å². The summed E-state index contributed by atoms with van der Waals surface area (Å²) in [4.78, 5) is 12.3. The molecular weight excluding hydrogens is 404 g/mol. The fraction of sp³-hybridized carbons (Fsp3) is 0.609. The summed E-state index contributed by atoms with van der Waals surface area (Å²) in [5.74, 6) is -0.168. The number of aliphatic hydroxyl groups is 3. The standard InChI is InChI=1S/C23H34O8/c1-2-3-4-5-6-7-8-9-10-19(26)31-22-21(28)20(27)18(15-24)30-23(22)29-17-13-11-16(25)12-14-17/h2,11-14,18,20-25,27-28H,1,3-10,15H2/t18-,20-,21+,22-,23-/m1/s1. The maximum Gasteiger partial charge on any atom is 0.306 e. The molecule has 31 heavy (non-hydrogen) atoms. The molecule has 5 atom stereocenters. The molecule has 0 aliphatic carbocycles. The monoisotopic (exact) mass is 438 g/mol. The third-order valence-electron chi connectivity index (χ3n) is 5.22. The van der Waals surface area contributed by atoms with E-state index in [1.165, 1.54) is 24.3 Å². The first-order valence-electron chi connectivity index (χ1n) is 10.8. The van der Waals surface area contributed by atoms with Gasteiger partial charge in [0.25, 0.3) is 0 Å². The second-order valence-corrected chi connectivity index (χ2v) is 7.72. The summed E-state index contributed by atoms with van der Waals surface area (Å²) in [5.41, 5.74) is 0. The molecule has 1 aromatic carbocycles. The SMILES string of the molecule is C=CCCCCCCCCC(=O)O[C@H]1[C@H](Oc2ccc(O)cc2)O[C@H](CO)[C@@H](O)[C@@H]1O. The Morgan fingerprint density at radius 2 is 1.68 bits per heavy atom. The molecule has 0 unspecified atom stereocenters. The third kappa shape index (κ3) is 8.14. The zero-order valence-corrected chi connectivity index (χ0v) is 17.8. The number of aromatic hydroxyl groups is 1. The summed E-state index contributed by atoms with van der Waals surface area (Å²) >= 11 is 0. The van der Waals surface area contributed by atoms with Crippen LogP contribution < -0.4 is 4.74 Å². The first kappa shape index (κ1) is 25.1. The summed E-state index contributed by atoms with van der Waals surface area (Å²) < 4.78 is 16.6. The highest BCUT2D eigenvalue weighted by molar-refractivity contribution is 5.69. The van der Waals surface area contributed by atoms with Crippen LogP contribution in [0.15, 0.2) is 36.9 Å². The number of phenolic OH excluding ortho intramolecular Hbond substituents is 1. The molecule has 1 aliphatic heterocycles. The molecule has 0 bridgehead atoms. The molecule has 0 amide bonds. The van der Waals surface area contributed by atoms with E-state index in [9.17, 15) is 25.2 Å². The Morgan fingerprint density at radius 3 is 2.32 bits per heavy atom. The number of allylic oxidation sites excluding steroid dienone is 1. The van der Waals surface area contributed by atoms with E-state index in [0.717, 1.165) is 38.5 Å². The van der Waals surface area contributed by atoms with Gasteiger partial charge in [-0.15, -0.1) is 6.58 Å². The van der Waals surface area contributed by atoms with E-state index in [0.29, 0.717) is 12.2 Å². The molecule has 1 fully saturated rings. The van der Waals surface area contributed by atoms with Crippen LogP contribution in [0, 0.1) is 0 Å². The number of hydrogen-bond donors (Lipinski definition) is 4. The highest BCUT2D eigenvalue weighted by Crippen LogP contribution is 2.27. The lowest BCUT2D eigenvalue weighted by atomic mass is 9.99. The number of phenols is 1. The van der Waals surface area contributed by atoms with Crippen molar-refractivity contribution in [3.63, 3.8) is 0 Å². The second kappa shape index (κ2) is 13.3. The number of esters is 1. The average Bonchev–Trinajstić information content (AvgIpc) is 2.76. The lowest BCUT2D eigenvalue weighted by Gasteiger charge is -2.41. The normalized spacial score (nSPS) is 25.7. The van der Waals surface area contributed by atoms with Crippen LogP contribution in [0.3, 0.4) is 0 Å². The lowest BCUT2D eigenvalue weighted by Crippen LogP contribution is -2.61. The smallest absolute Gasteiger partial charge is 0.306 e. The molecule has 0 radical (unpaired) electrons. The van der Waals surface area contributed by atoms with Crippen LogP contribution in [0.1, 0.15) is 51.4 Å². The van der Waals surface area contributed by atoms with E-state index in [1.807, 2.05) is 6.08 Å². The highest BCUT2D eigenvalue weighted by atomic mass is 16.7. The van der Waals surface area contributed by atoms with Crippen LogP contribution in [-0.2, 0) is 14.3 Å². The van der Waals surface area contributed by atoms with E-state index in [2.05, 4.69) is 6.58 Å². The summed E-state index contributed by atoms with van der Waals surface area (Å²) in [7, 11) is 0. The van der Waals surface area contributed by atoms with E-state index >= 15 is 0 Å². The predicted molar refractivity (Wildman–Crippen MR) is 114 cm³/mol. The minimum atomic E-state index is -1.48. The Balaban J connectivity index is 1.87. The molecule has 2 rings (SSSR count). The number of benzene rings is 1. The average molecular weight is 439 g/mol. The first-order valence-corrected chi connectivity index (χ1v) is 10.8. The van der Waals surface area contributed by atoms with Gasteiger partial charge in [-0.1, -0.05) is 31.8 Å². The van der Waals surface area contributed by atoms with Crippen LogP contribution in [-0.4, -0.2) is 63.7 Å². The minimum Gasteiger partial charge on any atom is -0.508 e.